The topological polar surface area (TPSA) is 49.8 Å². The first-order chi connectivity index (χ1) is 7.44. The number of aliphatic hydroxyl groups excluding tert-OH is 1. The lowest BCUT2D eigenvalue weighted by atomic mass is 10.2. The SMILES string of the molecule is CC(C)(C)OC(=O)N1CCSC[C@H]1CCO. The first kappa shape index (κ1) is 13.6. The molecule has 1 heterocycles. The molecule has 1 atom stereocenters. The second kappa shape index (κ2) is 5.77. The minimum absolute atomic E-state index is 0.110. The van der Waals surface area contributed by atoms with E-state index in [0.717, 1.165) is 11.5 Å². The summed E-state index contributed by atoms with van der Waals surface area (Å²) < 4.78 is 5.35. The van der Waals surface area contributed by atoms with E-state index < -0.39 is 5.60 Å². The molecular formula is C11H21NO3S. The summed E-state index contributed by atoms with van der Waals surface area (Å²) in [5.41, 5.74) is -0.453. The van der Waals surface area contributed by atoms with Crippen molar-refractivity contribution >= 4 is 17.9 Å². The lowest BCUT2D eigenvalue weighted by Gasteiger charge is -2.36. The molecule has 4 nitrogen and oxygen atoms in total. The third-order valence-electron chi connectivity index (χ3n) is 2.32. The minimum Gasteiger partial charge on any atom is -0.444 e. The lowest BCUT2D eigenvalue weighted by molar-refractivity contribution is 0.0167. The van der Waals surface area contributed by atoms with Gasteiger partial charge in [0.25, 0.3) is 0 Å². The van der Waals surface area contributed by atoms with Gasteiger partial charge < -0.3 is 14.7 Å². The molecule has 1 fully saturated rings. The zero-order valence-electron chi connectivity index (χ0n) is 10.2. The van der Waals surface area contributed by atoms with Gasteiger partial charge >= 0.3 is 6.09 Å². The van der Waals surface area contributed by atoms with Gasteiger partial charge in [-0.1, -0.05) is 0 Å². The molecule has 1 N–H and O–H groups in total. The second-order valence-corrected chi connectivity index (χ2v) is 6.06. The number of carbonyl (C=O) groups excluding carboxylic acids is 1. The van der Waals surface area contributed by atoms with Crippen LogP contribution in [0.2, 0.25) is 0 Å². The minimum atomic E-state index is -0.453. The summed E-state index contributed by atoms with van der Waals surface area (Å²) in [6.45, 7) is 6.43. The molecule has 5 heteroatoms. The standard InChI is InChI=1S/C11H21NO3S/c1-11(2,3)15-10(14)12-5-7-16-8-9(12)4-6-13/h9,13H,4-8H2,1-3H3/t9-/m1/s1. The summed E-state index contributed by atoms with van der Waals surface area (Å²) in [5.74, 6) is 1.83. The Morgan fingerprint density at radius 2 is 2.25 bits per heavy atom. The number of nitrogens with zero attached hydrogens (tertiary/aromatic N) is 1. The van der Waals surface area contributed by atoms with Crippen molar-refractivity contribution in [1.82, 2.24) is 4.90 Å². The summed E-state index contributed by atoms with van der Waals surface area (Å²) in [7, 11) is 0. The number of hydrogen-bond acceptors (Lipinski definition) is 4. The third kappa shape index (κ3) is 4.22. The molecule has 1 amide bonds. The highest BCUT2D eigenvalue weighted by Crippen LogP contribution is 2.21. The van der Waals surface area contributed by atoms with E-state index in [1.54, 1.807) is 4.90 Å². The Bertz CT molecular complexity index is 238. The number of aliphatic hydroxyl groups is 1. The largest absolute Gasteiger partial charge is 0.444 e. The molecular weight excluding hydrogens is 226 g/mol. The summed E-state index contributed by atoms with van der Waals surface area (Å²) >= 11 is 1.82. The Labute approximate surface area is 101 Å². The van der Waals surface area contributed by atoms with Crippen LogP contribution in [-0.2, 0) is 4.74 Å². The van der Waals surface area contributed by atoms with Crippen molar-refractivity contribution in [2.24, 2.45) is 0 Å². The maximum absolute atomic E-state index is 11.9. The van der Waals surface area contributed by atoms with Crippen LogP contribution in [0.25, 0.3) is 0 Å². The normalized spacial score (nSPS) is 22.0. The fourth-order valence-corrected chi connectivity index (χ4v) is 2.72. The van der Waals surface area contributed by atoms with Crippen LogP contribution in [0.5, 0.6) is 0 Å². The van der Waals surface area contributed by atoms with Crippen molar-refractivity contribution in [2.75, 3.05) is 24.7 Å². The van der Waals surface area contributed by atoms with E-state index in [-0.39, 0.29) is 18.7 Å². The average molecular weight is 247 g/mol. The molecule has 0 aliphatic carbocycles. The van der Waals surface area contributed by atoms with E-state index >= 15 is 0 Å². The van der Waals surface area contributed by atoms with Crippen LogP contribution in [0.15, 0.2) is 0 Å². The van der Waals surface area contributed by atoms with Crippen LogP contribution >= 0.6 is 11.8 Å². The number of amides is 1. The first-order valence-electron chi connectivity index (χ1n) is 5.62. The van der Waals surface area contributed by atoms with Crippen molar-refractivity contribution in [2.45, 2.75) is 38.8 Å². The highest BCUT2D eigenvalue weighted by molar-refractivity contribution is 7.99. The van der Waals surface area contributed by atoms with Gasteiger partial charge in [-0.05, 0) is 27.2 Å². The number of carbonyl (C=O) groups is 1. The predicted octanol–water partition coefficient (Wildman–Crippen LogP) is 1.72. The molecule has 94 valence electrons. The Morgan fingerprint density at radius 3 is 2.81 bits per heavy atom. The molecule has 0 aromatic heterocycles. The van der Waals surface area contributed by atoms with E-state index in [1.807, 2.05) is 32.5 Å². The Hall–Kier alpha value is -0.420. The molecule has 0 aromatic rings. The highest BCUT2D eigenvalue weighted by atomic mass is 32.2. The van der Waals surface area contributed by atoms with Crippen LogP contribution in [-0.4, -0.2) is 52.4 Å². The van der Waals surface area contributed by atoms with E-state index in [4.69, 9.17) is 9.84 Å². The molecule has 0 saturated carbocycles. The van der Waals surface area contributed by atoms with Gasteiger partial charge in [0, 0.05) is 30.7 Å². The van der Waals surface area contributed by atoms with Gasteiger partial charge in [-0.25, -0.2) is 4.79 Å². The molecule has 0 aromatic carbocycles. The number of thioether (sulfide) groups is 1. The second-order valence-electron chi connectivity index (χ2n) is 4.91. The maximum atomic E-state index is 11.9. The van der Waals surface area contributed by atoms with Crippen LogP contribution in [0.3, 0.4) is 0 Å². The summed E-state index contributed by atoms with van der Waals surface area (Å²) in [6, 6.07) is 0.110. The summed E-state index contributed by atoms with van der Waals surface area (Å²) in [4.78, 5) is 13.7. The van der Waals surface area contributed by atoms with Gasteiger partial charge in [0.05, 0.1) is 0 Å². The summed E-state index contributed by atoms with van der Waals surface area (Å²) in [6.07, 6.45) is 0.373. The number of rotatable bonds is 2. The van der Waals surface area contributed by atoms with Crippen LogP contribution < -0.4 is 0 Å². The van der Waals surface area contributed by atoms with Gasteiger partial charge in [-0.3, -0.25) is 0 Å². The number of ether oxygens (including phenoxy) is 1. The average Bonchev–Trinajstić information content (AvgIpc) is 2.16. The zero-order chi connectivity index (χ0) is 12.2. The molecule has 0 bridgehead atoms. The van der Waals surface area contributed by atoms with Gasteiger partial charge in [0.15, 0.2) is 0 Å². The number of hydrogen-bond donors (Lipinski definition) is 1. The van der Waals surface area contributed by atoms with E-state index in [9.17, 15) is 4.79 Å². The van der Waals surface area contributed by atoms with E-state index in [1.165, 1.54) is 0 Å². The molecule has 1 rings (SSSR count). The van der Waals surface area contributed by atoms with E-state index in [0.29, 0.717) is 13.0 Å². The molecule has 0 unspecified atom stereocenters. The van der Waals surface area contributed by atoms with Crippen molar-refractivity contribution < 1.29 is 14.6 Å². The Kier molecular flexibility index (Phi) is 4.92. The summed E-state index contributed by atoms with van der Waals surface area (Å²) in [5, 5.41) is 8.96. The zero-order valence-corrected chi connectivity index (χ0v) is 11.0. The quantitative estimate of drug-likeness (QED) is 0.807. The molecule has 0 spiro atoms. The Balaban J connectivity index is 2.57. The fourth-order valence-electron chi connectivity index (χ4n) is 1.60. The van der Waals surface area contributed by atoms with Gasteiger partial charge in [0.1, 0.15) is 5.60 Å². The highest BCUT2D eigenvalue weighted by Gasteiger charge is 2.30. The van der Waals surface area contributed by atoms with Crippen molar-refractivity contribution in [3.8, 4) is 0 Å². The van der Waals surface area contributed by atoms with Crippen molar-refractivity contribution in [3.63, 3.8) is 0 Å². The van der Waals surface area contributed by atoms with Crippen molar-refractivity contribution in [1.29, 1.82) is 0 Å². The lowest BCUT2D eigenvalue weighted by Crippen LogP contribution is -2.48. The molecule has 0 radical (unpaired) electrons. The fraction of sp³-hybridized carbons (Fsp3) is 0.909. The molecule has 1 aliphatic heterocycles. The van der Waals surface area contributed by atoms with Crippen molar-refractivity contribution in [3.05, 3.63) is 0 Å². The van der Waals surface area contributed by atoms with Gasteiger partial charge in [0.2, 0.25) is 0 Å². The monoisotopic (exact) mass is 247 g/mol. The first-order valence-corrected chi connectivity index (χ1v) is 6.78. The smallest absolute Gasteiger partial charge is 0.410 e. The predicted molar refractivity (Wildman–Crippen MR) is 65.8 cm³/mol. The van der Waals surface area contributed by atoms with Crippen LogP contribution in [0, 0.1) is 0 Å². The molecule has 1 aliphatic rings. The Morgan fingerprint density at radius 1 is 1.56 bits per heavy atom. The van der Waals surface area contributed by atoms with Gasteiger partial charge in [-0.15, -0.1) is 0 Å². The third-order valence-corrected chi connectivity index (χ3v) is 3.41. The molecule has 16 heavy (non-hydrogen) atoms. The van der Waals surface area contributed by atoms with Crippen LogP contribution in [0.1, 0.15) is 27.2 Å². The van der Waals surface area contributed by atoms with Crippen LogP contribution in [0.4, 0.5) is 4.79 Å². The maximum Gasteiger partial charge on any atom is 0.410 e. The molecule has 1 saturated heterocycles. The van der Waals surface area contributed by atoms with E-state index in [2.05, 4.69) is 0 Å². The van der Waals surface area contributed by atoms with Gasteiger partial charge in [-0.2, -0.15) is 11.8 Å².